The standard InChI is InChI=1S/C16H16N2O4S2/c1-10-4-5-13(24-10)12(19)8-22-15(21)7-11-9-23-16(17-11)18-6-2-3-14(18)20/h4-5,9H,2-3,6-8H2,1H3. The second-order valence-corrected chi connectivity index (χ2v) is 7.57. The third-order valence-corrected chi connectivity index (χ3v) is 5.50. The van der Waals surface area contributed by atoms with Crippen molar-refractivity contribution in [2.45, 2.75) is 26.2 Å². The second kappa shape index (κ2) is 7.23. The number of carbonyl (C=O) groups excluding carboxylic acids is 3. The first kappa shape index (κ1) is 16.8. The number of rotatable bonds is 6. The third kappa shape index (κ3) is 3.88. The van der Waals surface area contributed by atoms with Gasteiger partial charge < -0.3 is 4.74 Å². The van der Waals surface area contributed by atoms with Crippen molar-refractivity contribution in [3.63, 3.8) is 0 Å². The van der Waals surface area contributed by atoms with Crippen LogP contribution in [0.1, 0.15) is 33.1 Å². The van der Waals surface area contributed by atoms with Crippen LogP contribution in [-0.4, -0.2) is 35.8 Å². The van der Waals surface area contributed by atoms with Crippen molar-refractivity contribution in [2.75, 3.05) is 18.1 Å². The van der Waals surface area contributed by atoms with E-state index in [9.17, 15) is 14.4 Å². The summed E-state index contributed by atoms with van der Waals surface area (Å²) in [5, 5.41) is 2.36. The smallest absolute Gasteiger partial charge is 0.312 e. The van der Waals surface area contributed by atoms with E-state index < -0.39 is 5.97 Å². The first-order chi connectivity index (χ1) is 11.5. The van der Waals surface area contributed by atoms with Crippen LogP contribution in [-0.2, 0) is 20.7 Å². The minimum absolute atomic E-state index is 0.00468. The Balaban J connectivity index is 1.51. The Bertz CT molecular complexity index is 781. The normalized spacial score (nSPS) is 14.2. The molecule has 2 aromatic rings. The quantitative estimate of drug-likeness (QED) is 0.582. The molecule has 0 saturated carbocycles. The summed E-state index contributed by atoms with van der Waals surface area (Å²) < 4.78 is 5.03. The summed E-state index contributed by atoms with van der Waals surface area (Å²) in [5.41, 5.74) is 0.555. The topological polar surface area (TPSA) is 76.6 Å². The molecule has 0 atom stereocenters. The molecule has 6 nitrogen and oxygen atoms in total. The maximum atomic E-state index is 11.9. The van der Waals surface area contributed by atoms with Gasteiger partial charge in [0.05, 0.1) is 17.0 Å². The Morgan fingerprint density at radius 1 is 1.38 bits per heavy atom. The number of esters is 1. The van der Waals surface area contributed by atoms with Crippen LogP contribution < -0.4 is 4.90 Å². The van der Waals surface area contributed by atoms with Crippen molar-refractivity contribution in [1.29, 1.82) is 0 Å². The van der Waals surface area contributed by atoms with Crippen LogP contribution in [0.4, 0.5) is 5.13 Å². The van der Waals surface area contributed by atoms with Crippen LogP contribution >= 0.6 is 22.7 Å². The zero-order valence-corrected chi connectivity index (χ0v) is 14.7. The minimum Gasteiger partial charge on any atom is -0.457 e. The summed E-state index contributed by atoms with van der Waals surface area (Å²) in [4.78, 5) is 43.0. The number of aryl methyl sites for hydroxylation is 1. The molecular weight excluding hydrogens is 348 g/mol. The van der Waals surface area contributed by atoms with Gasteiger partial charge in [0.1, 0.15) is 0 Å². The predicted octanol–water partition coefficient (Wildman–Crippen LogP) is 2.61. The van der Waals surface area contributed by atoms with Gasteiger partial charge in [-0.25, -0.2) is 4.98 Å². The molecule has 0 spiro atoms. The summed E-state index contributed by atoms with van der Waals surface area (Å²) in [5.74, 6) is -0.639. The molecule has 1 amide bonds. The second-order valence-electron chi connectivity index (χ2n) is 5.44. The Kier molecular flexibility index (Phi) is 5.06. The summed E-state index contributed by atoms with van der Waals surface area (Å²) in [7, 11) is 0. The molecular formula is C16H16N2O4S2. The average Bonchev–Trinajstić information content (AvgIpc) is 3.26. The van der Waals surface area contributed by atoms with Crippen LogP contribution in [0.15, 0.2) is 17.5 Å². The third-order valence-electron chi connectivity index (χ3n) is 3.55. The van der Waals surface area contributed by atoms with Crippen molar-refractivity contribution < 1.29 is 19.1 Å². The van der Waals surface area contributed by atoms with E-state index in [0.717, 1.165) is 11.3 Å². The zero-order chi connectivity index (χ0) is 17.1. The van der Waals surface area contributed by atoms with E-state index in [1.807, 2.05) is 13.0 Å². The van der Waals surface area contributed by atoms with Crippen LogP contribution in [0.5, 0.6) is 0 Å². The Morgan fingerprint density at radius 2 is 2.21 bits per heavy atom. The van der Waals surface area contributed by atoms with Crippen LogP contribution in [0.3, 0.4) is 0 Å². The number of thiophene rings is 1. The highest BCUT2D eigenvalue weighted by Crippen LogP contribution is 2.25. The molecule has 0 unspecified atom stereocenters. The molecule has 24 heavy (non-hydrogen) atoms. The summed E-state index contributed by atoms with van der Waals surface area (Å²) >= 11 is 2.72. The highest BCUT2D eigenvalue weighted by molar-refractivity contribution is 7.14. The van der Waals surface area contributed by atoms with Gasteiger partial charge in [-0.2, -0.15) is 0 Å². The number of ketones is 1. The van der Waals surface area contributed by atoms with Crippen molar-refractivity contribution in [2.24, 2.45) is 0 Å². The molecule has 0 aromatic carbocycles. The molecule has 0 bridgehead atoms. The lowest BCUT2D eigenvalue weighted by Gasteiger charge is -2.10. The average molecular weight is 364 g/mol. The SMILES string of the molecule is Cc1ccc(C(=O)COC(=O)Cc2csc(N3CCCC3=O)n2)s1. The Labute approximate surface area is 147 Å². The molecule has 3 heterocycles. The number of ether oxygens (including phenoxy) is 1. The van der Waals surface area contributed by atoms with Crippen LogP contribution in [0.25, 0.3) is 0 Å². The molecule has 1 aliphatic heterocycles. The highest BCUT2D eigenvalue weighted by Gasteiger charge is 2.24. The number of hydrogen-bond acceptors (Lipinski definition) is 7. The van der Waals surface area contributed by atoms with Crippen LogP contribution in [0, 0.1) is 6.92 Å². The number of Topliss-reactive ketones (excluding diaryl/α,β-unsaturated/α-hetero) is 1. The number of carbonyl (C=O) groups is 3. The summed E-state index contributed by atoms with van der Waals surface area (Å²) in [6, 6.07) is 3.59. The van der Waals surface area contributed by atoms with Crippen LogP contribution in [0.2, 0.25) is 0 Å². The molecule has 1 aliphatic rings. The zero-order valence-electron chi connectivity index (χ0n) is 13.1. The minimum atomic E-state index is -0.499. The van der Waals surface area contributed by atoms with Crippen molar-refractivity contribution in [3.8, 4) is 0 Å². The van der Waals surface area contributed by atoms with E-state index in [2.05, 4.69) is 4.98 Å². The summed E-state index contributed by atoms with van der Waals surface area (Å²) in [6.07, 6.45) is 1.37. The number of amides is 1. The van der Waals surface area contributed by atoms with Gasteiger partial charge in [-0.3, -0.25) is 19.3 Å². The maximum Gasteiger partial charge on any atom is 0.312 e. The fourth-order valence-corrected chi connectivity index (χ4v) is 4.01. The molecule has 8 heteroatoms. The van der Waals surface area contributed by atoms with Gasteiger partial charge in [-0.05, 0) is 25.5 Å². The van der Waals surface area contributed by atoms with E-state index in [4.69, 9.17) is 4.74 Å². The van der Waals surface area contributed by atoms with Gasteiger partial charge in [0.25, 0.3) is 0 Å². The van der Waals surface area contributed by atoms with Gasteiger partial charge in [0, 0.05) is 23.2 Å². The molecule has 126 valence electrons. The summed E-state index contributed by atoms with van der Waals surface area (Å²) in [6.45, 7) is 2.32. The predicted molar refractivity (Wildman–Crippen MR) is 91.8 cm³/mol. The molecule has 1 saturated heterocycles. The molecule has 2 aromatic heterocycles. The van der Waals surface area contributed by atoms with Gasteiger partial charge in [-0.15, -0.1) is 22.7 Å². The number of aromatic nitrogens is 1. The fraction of sp³-hybridized carbons (Fsp3) is 0.375. The lowest BCUT2D eigenvalue weighted by atomic mass is 10.3. The van der Waals surface area contributed by atoms with E-state index in [-0.39, 0.29) is 24.7 Å². The van der Waals surface area contributed by atoms with E-state index >= 15 is 0 Å². The number of hydrogen-bond donors (Lipinski definition) is 0. The van der Waals surface area contributed by atoms with Gasteiger partial charge in [-0.1, -0.05) is 0 Å². The monoisotopic (exact) mass is 364 g/mol. The highest BCUT2D eigenvalue weighted by atomic mass is 32.1. The van der Waals surface area contributed by atoms with E-state index in [1.165, 1.54) is 22.7 Å². The van der Waals surface area contributed by atoms with Gasteiger partial charge in [0.15, 0.2) is 11.7 Å². The maximum absolute atomic E-state index is 11.9. The van der Waals surface area contributed by atoms with Gasteiger partial charge in [0.2, 0.25) is 11.7 Å². The first-order valence-corrected chi connectivity index (χ1v) is 9.22. The van der Waals surface area contributed by atoms with Crippen molar-refractivity contribution >= 4 is 45.5 Å². The van der Waals surface area contributed by atoms with Gasteiger partial charge >= 0.3 is 5.97 Å². The molecule has 1 fully saturated rings. The number of anilines is 1. The van der Waals surface area contributed by atoms with Crippen molar-refractivity contribution in [1.82, 2.24) is 4.98 Å². The lowest BCUT2D eigenvalue weighted by molar-refractivity contribution is -0.141. The molecule has 0 aliphatic carbocycles. The van der Waals surface area contributed by atoms with E-state index in [1.54, 1.807) is 16.3 Å². The first-order valence-electron chi connectivity index (χ1n) is 7.53. The molecule has 0 radical (unpaired) electrons. The number of nitrogens with zero attached hydrogens (tertiary/aromatic N) is 2. The van der Waals surface area contributed by atoms with Crippen molar-refractivity contribution in [3.05, 3.63) is 33.0 Å². The molecule has 0 N–H and O–H groups in total. The van der Waals surface area contributed by atoms with E-state index in [0.29, 0.717) is 28.7 Å². The fourth-order valence-electron chi connectivity index (χ4n) is 2.35. The Morgan fingerprint density at radius 3 is 2.88 bits per heavy atom. The largest absolute Gasteiger partial charge is 0.457 e. The Hall–Kier alpha value is -2.06. The number of thiazole rings is 1. The molecule has 3 rings (SSSR count). The lowest BCUT2D eigenvalue weighted by Crippen LogP contribution is -2.23.